The van der Waals surface area contributed by atoms with E-state index >= 15 is 0 Å². The summed E-state index contributed by atoms with van der Waals surface area (Å²) >= 11 is 0. The molecule has 0 aliphatic heterocycles. The van der Waals surface area contributed by atoms with E-state index in [1.165, 1.54) is 0 Å². The highest BCUT2D eigenvalue weighted by atomic mass is 32.2. The van der Waals surface area contributed by atoms with Crippen LogP contribution in [0.15, 0.2) is 29.2 Å². The maximum Gasteiger partial charge on any atom is 0.240 e. The lowest BCUT2D eigenvalue weighted by molar-refractivity contribution is 0.358. The first-order valence-corrected chi connectivity index (χ1v) is 8.95. The maximum atomic E-state index is 12.2. The van der Waals surface area contributed by atoms with Gasteiger partial charge >= 0.3 is 0 Å². The molecule has 0 spiro atoms. The fraction of sp³-hybridized carbons (Fsp3) is 0.600. The first-order valence-electron chi connectivity index (χ1n) is 7.47. The fourth-order valence-corrected chi connectivity index (χ4v) is 2.94. The van der Waals surface area contributed by atoms with Crippen molar-refractivity contribution in [1.29, 1.82) is 0 Å². The molecule has 21 heavy (non-hydrogen) atoms. The molecule has 0 amide bonds. The second-order valence-corrected chi connectivity index (χ2v) is 6.88. The molecule has 1 aromatic rings. The summed E-state index contributed by atoms with van der Waals surface area (Å²) in [4.78, 5) is 2.39. The van der Waals surface area contributed by atoms with Crippen LogP contribution in [0.3, 0.4) is 0 Å². The minimum atomic E-state index is -3.42. The van der Waals surface area contributed by atoms with Crippen molar-refractivity contribution in [2.75, 3.05) is 33.2 Å². The molecule has 120 valence electrons. The van der Waals surface area contributed by atoms with Crippen LogP contribution in [0, 0.1) is 0 Å². The van der Waals surface area contributed by atoms with Gasteiger partial charge in [-0.2, -0.15) is 0 Å². The molecule has 0 aliphatic rings. The van der Waals surface area contributed by atoms with Crippen molar-refractivity contribution in [3.8, 4) is 0 Å². The monoisotopic (exact) mass is 313 g/mol. The van der Waals surface area contributed by atoms with E-state index in [2.05, 4.69) is 21.9 Å². The van der Waals surface area contributed by atoms with Crippen molar-refractivity contribution < 1.29 is 8.42 Å². The Morgan fingerprint density at radius 1 is 1.19 bits per heavy atom. The van der Waals surface area contributed by atoms with Gasteiger partial charge in [0, 0.05) is 19.6 Å². The van der Waals surface area contributed by atoms with Crippen LogP contribution in [0.1, 0.15) is 25.8 Å². The van der Waals surface area contributed by atoms with Gasteiger partial charge in [0.25, 0.3) is 0 Å². The minimum absolute atomic E-state index is 0.331. The number of hydrogen-bond acceptors (Lipinski definition) is 4. The first kappa shape index (κ1) is 18.1. The number of benzene rings is 1. The molecule has 6 heteroatoms. The third-order valence-corrected chi connectivity index (χ3v) is 4.75. The van der Waals surface area contributed by atoms with Gasteiger partial charge in [-0.1, -0.05) is 26.0 Å². The van der Waals surface area contributed by atoms with Gasteiger partial charge in [-0.15, -0.1) is 0 Å². The van der Waals surface area contributed by atoms with Gasteiger partial charge in [0.2, 0.25) is 10.0 Å². The fourth-order valence-electron chi connectivity index (χ4n) is 1.84. The van der Waals surface area contributed by atoms with Gasteiger partial charge in [0.15, 0.2) is 0 Å². The Morgan fingerprint density at radius 3 is 2.62 bits per heavy atom. The summed E-state index contributed by atoms with van der Waals surface area (Å²) in [7, 11) is -1.46. The number of nitrogens with one attached hydrogen (secondary N) is 2. The number of nitrogens with zero attached hydrogens (tertiary/aromatic N) is 1. The van der Waals surface area contributed by atoms with Crippen molar-refractivity contribution in [1.82, 2.24) is 14.9 Å². The molecular weight excluding hydrogens is 286 g/mol. The Bertz CT molecular complexity index is 517. The lowest BCUT2D eigenvalue weighted by Gasteiger charge is -2.14. The van der Waals surface area contributed by atoms with E-state index in [1.54, 1.807) is 18.2 Å². The van der Waals surface area contributed by atoms with E-state index in [9.17, 15) is 8.42 Å². The van der Waals surface area contributed by atoms with Crippen molar-refractivity contribution in [3.63, 3.8) is 0 Å². The van der Waals surface area contributed by atoms with Crippen molar-refractivity contribution in [2.45, 2.75) is 31.7 Å². The SMILES string of the molecule is CCCNCc1cccc(S(=O)(=O)NCCN(C)CC)c1. The summed E-state index contributed by atoms with van der Waals surface area (Å²) in [5, 5.41) is 3.27. The zero-order valence-corrected chi connectivity index (χ0v) is 14.0. The van der Waals surface area contributed by atoms with Crippen LogP contribution in [-0.4, -0.2) is 46.5 Å². The predicted octanol–water partition coefficient (Wildman–Crippen LogP) is 1.42. The van der Waals surface area contributed by atoms with Gasteiger partial charge < -0.3 is 10.2 Å². The van der Waals surface area contributed by atoms with E-state index in [0.29, 0.717) is 24.5 Å². The van der Waals surface area contributed by atoms with E-state index in [0.717, 1.165) is 25.1 Å². The average molecular weight is 313 g/mol. The summed E-state index contributed by atoms with van der Waals surface area (Å²) in [5.41, 5.74) is 0.983. The lowest BCUT2D eigenvalue weighted by Crippen LogP contribution is -2.33. The smallest absolute Gasteiger partial charge is 0.240 e. The molecule has 0 atom stereocenters. The number of rotatable bonds is 10. The van der Waals surface area contributed by atoms with Gasteiger partial charge in [-0.05, 0) is 44.3 Å². The standard InChI is InChI=1S/C15H27N3O2S/c1-4-9-16-13-14-7-6-8-15(12-14)21(19,20)17-10-11-18(3)5-2/h6-8,12,16-17H,4-5,9-11,13H2,1-3H3. The second kappa shape index (κ2) is 9.15. The number of hydrogen-bond donors (Lipinski definition) is 2. The number of likely N-dealkylation sites (N-methyl/N-ethyl adjacent to an activating group) is 1. The second-order valence-electron chi connectivity index (χ2n) is 5.12. The Hall–Kier alpha value is -0.950. The van der Waals surface area contributed by atoms with Crippen molar-refractivity contribution >= 4 is 10.0 Å². The Kier molecular flexibility index (Phi) is 7.88. The highest BCUT2D eigenvalue weighted by molar-refractivity contribution is 7.89. The zero-order valence-electron chi connectivity index (χ0n) is 13.2. The zero-order chi connectivity index (χ0) is 15.7. The highest BCUT2D eigenvalue weighted by Gasteiger charge is 2.13. The van der Waals surface area contributed by atoms with Gasteiger partial charge in [0.1, 0.15) is 0 Å². The Morgan fingerprint density at radius 2 is 1.95 bits per heavy atom. The summed E-state index contributed by atoms with van der Waals surface area (Å²) in [6.07, 6.45) is 1.06. The molecule has 0 fully saturated rings. The van der Waals surface area contributed by atoms with Crippen LogP contribution in [0.2, 0.25) is 0 Å². The molecule has 0 heterocycles. The molecule has 0 radical (unpaired) electrons. The lowest BCUT2D eigenvalue weighted by atomic mass is 10.2. The molecule has 1 rings (SSSR count). The molecule has 0 aromatic heterocycles. The third kappa shape index (κ3) is 6.56. The molecule has 0 aliphatic carbocycles. The summed E-state index contributed by atoms with van der Waals surface area (Å²) in [5.74, 6) is 0. The highest BCUT2D eigenvalue weighted by Crippen LogP contribution is 2.11. The van der Waals surface area contributed by atoms with Gasteiger partial charge in [-0.3, -0.25) is 0 Å². The van der Waals surface area contributed by atoms with Crippen LogP contribution < -0.4 is 10.0 Å². The van der Waals surface area contributed by atoms with Crippen LogP contribution in [-0.2, 0) is 16.6 Å². The molecule has 1 aromatic carbocycles. The third-order valence-electron chi connectivity index (χ3n) is 3.29. The molecular formula is C15H27N3O2S. The van der Waals surface area contributed by atoms with Crippen LogP contribution >= 0.6 is 0 Å². The average Bonchev–Trinajstić information content (AvgIpc) is 2.47. The van der Waals surface area contributed by atoms with Crippen LogP contribution in [0.5, 0.6) is 0 Å². The first-order chi connectivity index (χ1) is 9.99. The Labute approximate surface area is 128 Å². The van der Waals surface area contributed by atoms with E-state index in [-0.39, 0.29) is 0 Å². The van der Waals surface area contributed by atoms with E-state index in [1.807, 2.05) is 20.0 Å². The molecule has 5 nitrogen and oxygen atoms in total. The largest absolute Gasteiger partial charge is 0.313 e. The quantitative estimate of drug-likeness (QED) is 0.641. The normalized spacial score (nSPS) is 12.0. The predicted molar refractivity (Wildman–Crippen MR) is 86.8 cm³/mol. The van der Waals surface area contributed by atoms with Crippen molar-refractivity contribution in [3.05, 3.63) is 29.8 Å². The summed E-state index contributed by atoms with van der Waals surface area (Å²) in [6.45, 7) is 7.79. The minimum Gasteiger partial charge on any atom is -0.313 e. The topological polar surface area (TPSA) is 61.4 Å². The van der Waals surface area contributed by atoms with Crippen molar-refractivity contribution in [2.24, 2.45) is 0 Å². The van der Waals surface area contributed by atoms with E-state index in [4.69, 9.17) is 0 Å². The maximum absolute atomic E-state index is 12.2. The molecule has 0 saturated heterocycles. The molecule has 0 saturated carbocycles. The number of sulfonamides is 1. The van der Waals surface area contributed by atoms with Crippen LogP contribution in [0.4, 0.5) is 0 Å². The molecule has 0 unspecified atom stereocenters. The Balaban J connectivity index is 2.63. The van der Waals surface area contributed by atoms with Gasteiger partial charge in [0.05, 0.1) is 4.90 Å². The van der Waals surface area contributed by atoms with Crippen LogP contribution in [0.25, 0.3) is 0 Å². The molecule has 0 bridgehead atoms. The summed E-state index contributed by atoms with van der Waals surface area (Å²) < 4.78 is 27.1. The van der Waals surface area contributed by atoms with E-state index < -0.39 is 10.0 Å². The molecule has 2 N–H and O–H groups in total. The van der Waals surface area contributed by atoms with Gasteiger partial charge in [-0.25, -0.2) is 13.1 Å². The summed E-state index contributed by atoms with van der Waals surface area (Å²) in [6, 6.07) is 7.09.